The van der Waals surface area contributed by atoms with Gasteiger partial charge in [-0.2, -0.15) is 0 Å². The molecule has 0 saturated carbocycles. The molecule has 1 saturated heterocycles. The first-order chi connectivity index (χ1) is 8.85. The lowest BCUT2D eigenvalue weighted by Gasteiger charge is -2.32. The van der Waals surface area contributed by atoms with Gasteiger partial charge in [0.25, 0.3) is 0 Å². The maximum Gasteiger partial charge on any atom is 0.308 e. The van der Waals surface area contributed by atoms with Crippen LogP contribution in [0.5, 0.6) is 0 Å². The highest BCUT2D eigenvalue weighted by Crippen LogP contribution is 2.10. The molecule has 19 heavy (non-hydrogen) atoms. The average molecular weight is 293 g/mol. The van der Waals surface area contributed by atoms with Gasteiger partial charge in [-0.05, 0) is 13.8 Å². The predicted octanol–water partition coefficient (Wildman–Crippen LogP) is 0.0735. The van der Waals surface area contributed by atoms with Gasteiger partial charge in [-0.1, -0.05) is 0 Å². The molecule has 7 heteroatoms. The summed E-state index contributed by atoms with van der Waals surface area (Å²) in [5.74, 6) is -0.156. The van der Waals surface area contributed by atoms with Crippen molar-refractivity contribution in [1.82, 2.24) is 4.90 Å². The molecular formula is C12H23NO5S. The Morgan fingerprint density at radius 1 is 1.47 bits per heavy atom. The van der Waals surface area contributed by atoms with Gasteiger partial charge in [-0.15, -0.1) is 0 Å². The van der Waals surface area contributed by atoms with E-state index in [1.807, 2.05) is 4.90 Å². The minimum absolute atomic E-state index is 0.148. The lowest BCUT2D eigenvalue weighted by Crippen LogP contribution is -2.45. The van der Waals surface area contributed by atoms with Crippen LogP contribution in [0.4, 0.5) is 0 Å². The monoisotopic (exact) mass is 293 g/mol. The number of hydrogen-bond acceptors (Lipinski definition) is 6. The number of morpholine rings is 1. The highest BCUT2D eigenvalue weighted by molar-refractivity contribution is 7.92. The van der Waals surface area contributed by atoms with E-state index in [0.717, 1.165) is 0 Å². The molecule has 112 valence electrons. The van der Waals surface area contributed by atoms with Crippen LogP contribution in [0.25, 0.3) is 0 Å². The summed E-state index contributed by atoms with van der Waals surface area (Å²) in [5.41, 5.74) is 0. The maximum absolute atomic E-state index is 11.7. The number of ether oxygens (including phenoxy) is 2. The molecule has 1 fully saturated rings. The van der Waals surface area contributed by atoms with Crippen LogP contribution in [0.15, 0.2) is 0 Å². The Balaban J connectivity index is 2.41. The smallest absolute Gasteiger partial charge is 0.308 e. The summed E-state index contributed by atoms with van der Waals surface area (Å²) in [6.07, 6.45) is 0.00663. The van der Waals surface area contributed by atoms with Gasteiger partial charge in [0, 0.05) is 19.6 Å². The molecule has 1 unspecified atom stereocenters. The van der Waals surface area contributed by atoms with E-state index in [2.05, 4.69) is 4.74 Å². The molecule has 0 aliphatic carbocycles. The maximum atomic E-state index is 11.7. The van der Waals surface area contributed by atoms with Crippen LogP contribution < -0.4 is 0 Å². The van der Waals surface area contributed by atoms with Crippen LogP contribution >= 0.6 is 0 Å². The van der Waals surface area contributed by atoms with Crippen LogP contribution in [0.2, 0.25) is 0 Å². The quantitative estimate of drug-likeness (QED) is 0.646. The van der Waals surface area contributed by atoms with Crippen molar-refractivity contribution in [1.29, 1.82) is 0 Å². The van der Waals surface area contributed by atoms with E-state index < -0.39 is 9.84 Å². The highest BCUT2D eigenvalue weighted by atomic mass is 32.2. The van der Waals surface area contributed by atoms with Crippen molar-refractivity contribution < 1.29 is 22.7 Å². The molecule has 0 aromatic heterocycles. The Bertz CT molecular complexity index is 393. The molecule has 1 heterocycles. The summed E-state index contributed by atoms with van der Waals surface area (Å²) in [4.78, 5) is 13.2. The van der Waals surface area contributed by atoms with Crippen LogP contribution in [-0.2, 0) is 24.1 Å². The summed E-state index contributed by atoms with van der Waals surface area (Å²) < 4.78 is 33.6. The topological polar surface area (TPSA) is 72.9 Å². The molecule has 0 amide bonds. The summed E-state index contributed by atoms with van der Waals surface area (Å²) in [5, 5.41) is -0.348. The van der Waals surface area contributed by atoms with Crippen molar-refractivity contribution in [2.45, 2.75) is 31.6 Å². The van der Waals surface area contributed by atoms with Gasteiger partial charge in [0.1, 0.15) is 0 Å². The molecule has 1 aliphatic heterocycles. The molecule has 6 nitrogen and oxygen atoms in total. The lowest BCUT2D eigenvalue weighted by molar-refractivity contribution is -0.145. The zero-order chi connectivity index (χ0) is 14.5. The Kier molecular flexibility index (Phi) is 6.22. The standard InChI is InChI=1S/C12H23NO5S/c1-10(2)19(15,16)7-5-13-4-6-18-11(9-13)8-12(14)17-3/h10-11H,4-9H2,1-3H3. The number of sulfone groups is 1. The fraction of sp³-hybridized carbons (Fsp3) is 0.917. The second-order valence-corrected chi connectivity index (χ2v) is 7.67. The van der Waals surface area contributed by atoms with Crippen molar-refractivity contribution >= 4 is 15.8 Å². The summed E-state index contributed by atoms with van der Waals surface area (Å²) in [6, 6.07) is 0. The van der Waals surface area contributed by atoms with E-state index in [9.17, 15) is 13.2 Å². The van der Waals surface area contributed by atoms with Gasteiger partial charge in [0.05, 0.1) is 37.2 Å². The second kappa shape index (κ2) is 7.21. The third-order valence-corrected chi connectivity index (χ3v) is 5.44. The third kappa shape index (κ3) is 5.46. The van der Waals surface area contributed by atoms with Gasteiger partial charge in [0.15, 0.2) is 9.84 Å². The van der Waals surface area contributed by atoms with E-state index in [1.54, 1.807) is 13.8 Å². The number of nitrogens with zero attached hydrogens (tertiary/aromatic N) is 1. The van der Waals surface area contributed by atoms with Gasteiger partial charge >= 0.3 is 5.97 Å². The molecule has 1 aliphatic rings. The number of carbonyl (C=O) groups excluding carboxylic acids is 1. The van der Waals surface area contributed by atoms with Crippen LogP contribution in [0.1, 0.15) is 20.3 Å². The fourth-order valence-corrected chi connectivity index (χ4v) is 2.85. The summed E-state index contributed by atoms with van der Waals surface area (Å²) in [6.45, 7) is 5.66. The SMILES string of the molecule is COC(=O)CC1CN(CCS(=O)(=O)C(C)C)CCO1. The lowest BCUT2D eigenvalue weighted by atomic mass is 10.2. The molecule has 0 aromatic carbocycles. The molecule has 0 spiro atoms. The van der Waals surface area contributed by atoms with E-state index >= 15 is 0 Å². The first kappa shape index (κ1) is 16.4. The molecular weight excluding hydrogens is 270 g/mol. The third-order valence-electron chi connectivity index (χ3n) is 3.26. The number of carbonyl (C=O) groups is 1. The summed E-state index contributed by atoms with van der Waals surface area (Å²) in [7, 11) is -1.67. The second-order valence-electron chi connectivity index (χ2n) is 4.99. The van der Waals surface area contributed by atoms with Crippen molar-refractivity contribution in [2.75, 3.05) is 39.1 Å². The number of esters is 1. The van der Waals surface area contributed by atoms with E-state index in [1.165, 1.54) is 7.11 Å². The highest BCUT2D eigenvalue weighted by Gasteiger charge is 2.25. The molecule has 1 atom stereocenters. The van der Waals surface area contributed by atoms with E-state index in [-0.39, 0.29) is 29.5 Å². The normalized spacial score (nSPS) is 21.6. The first-order valence-electron chi connectivity index (χ1n) is 6.47. The average Bonchev–Trinajstić information content (AvgIpc) is 2.36. The number of rotatable bonds is 6. The van der Waals surface area contributed by atoms with E-state index in [4.69, 9.17) is 4.74 Å². The van der Waals surface area contributed by atoms with Crippen molar-refractivity contribution in [2.24, 2.45) is 0 Å². The zero-order valence-corrected chi connectivity index (χ0v) is 12.6. The van der Waals surface area contributed by atoms with Gasteiger partial charge in [-0.3, -0.25) is 9.69 Å². The van der Waals surface area contributed by atoms with Gasteiger partial charge in [0.2, 0.25) is 0 Å². The minimum atomic E-state index is -3.02. The van der Waals surface area contributed by atoms with Crippen LogP contribution in [0.3, 0.4) is 0 Å². The molecule has 0 bridgehead atoms. The minimum Gasteiger partial charge on any atom is -0.469 e. The Morgan fingerprint density at radius 3 is 2.74 bits per heavy atom. The van der Waals surface area contributed by atoms with Crippen molar-refractivity contribution in [3.63, 3.8) is 0 Å². The van der Waals surface area contributed by atoms with Crippen molar-refractivity contribution in [3.8, 4) is 0 Å². The van der Waals surface area contributed by atoms with Crippen LogP contribution in [-0.4, -0.2) is 69.7 Å². The largest absolute Gasteiger partial charge is 0.469 e. The number of methoxy groups -OCH3 is 1. The molecule has 0 N–H and O–H groups in total. The van der Waals surface area contributed by atoms with Crippen molar-refractivity contribution in [3.05, 3.63) is 0 Å². The van der Waals surface area contributed by atoms with E-state index in [0.29, 0.717) is 26.2 Å². The summed E-state index contributed by atoms with van der Waals surface area (Å²) >= 11 is 0. The van der Waals surface area contributed by atoms with Crippen LogP contribution in [0, 0.1) is 0 Å². The first-order valence-corrected chi connectivity index (χ1v) is 8.19. The fourth-order valence-electron chi connectivity index (χ4n) is 1.87. The molecule has 1 rings (SSSR count). The Hall–Kier alpha value is -0.660. The predicted molar refractivity (Wildman–Crippen MR) is 71.7 cm³/mol. The Morgan fingerprint density at radius 2 is 2.16 bits per heavy atom. The van der Waals surface area contributed by atoms with Gasteiger partial charge in [-0.25, -0.2) is 8.42 Å². The van der Waals surface area contributed by atoms with Gasteiger partial charge < -0.3 is 9.47 Å². The zero-order valence-electron chi connectivity index (χ0n) is 11.8. The number of hydrogen-bond donors (Lipinski definition) is 0. The Labute approximate surface area is 115 Å². The molecule has 0 aromatic rings. The molecule has 0 radical (unpaired) electrons.